The van der Waals surface area contributed by atoms with E-state index < -0.39 is 0 Å². The molecule has 0 spiro atoms. The van der Waals surface area contributed by atoms with Gasteiger partial charge in [0.15, 0.2) is 0 Å². The number of H-pyrrole nitrogens is 1. The van der Waals surface area contributed by atoms with E-state index in [1.54, 1.807) is 0 Å². The Morgan fingerprint density at radius 1 is 1.11 bits per heavy atom. The topological polar surface area (TPSA) is 102 Å². The molecule has 3 rings (SSSR count). The highest BCUT2D eigenvalue weighted by Gasteiger charge is 2.06. The number of rotatable bonds is 6. The highest BCUT2D eigenvalue weighted by molar-refractivity contribution is 5.89. The van der Waals surface area contributed by atoms with Crippen LogP contribution in [-0.4, -0.2) is 21.2 Å². The first kappa shape index (κ1) is 18.3. The van der Waals surface area contributed by atoms with Crippen LogP contribution in [-0.2, 0) is 11.3 Å². The first-order chi connectivity index (χ1) is 12.9. The average molecular weight is 365 g/mol. The second-order valence-electron chi connectivity index (χ2n) is 6.49. The molecule has 7 heteroatoms. The van der Waals surface area contributed by atoms with E-state index >= 15 is 0 Å². The van der Waals surface area contributed by atoms with Crippen LogP contribution in [0.4, 0.5) is 23.0 Å². The van der Waals surface area contributed by atoms with Gasteiger partial charge in [0.25, 0.3) is 0 Å². The van der Waals surface area contributed by atoms with E-state index in [9.17, 15) is 9.90 Å². The van der Waals surface area contributed by atoms with Gasteiger partial charge in [0.05, 0.1) is 0 Å². The highest BCUT2D eigenvalue weighted by Crippen LogP contribution is 2.24. The van der Waals surface area contributed by atoms with Crippen molar-refractivity contribution in [1.82, 2.24) is 10.2 Å². The Kier molecular flexibility index (Phi) is 5.30. The number of aromatic hydroxyl groups is 1. The fourth-order valence-corrected chi connectivity index (χ4v) is 2.85. The number of hydrogen-bond acceptors (Lipinski definition) is 5. The molecule has 0 atom stereocenters. The fourth-order valence-electron chi connectivity index (χ4n) is 2.85. The second kappa shape index (κ2) is 7.82. The predicted molar refractivity (Wildman–Crippen MR) is 108 cm³/mol. The summed E-state index contributed by atoms with van der Waals surface area (Å²) in [5, 5.41) is 26.3. The molecule has 3 aromatic rings. The van der Waals surface area contributed by atoms with Crippen LogP contribution in [0, 0.1) is 13.8 Å². The van der Waals surface area contributed by atoms with Gasteiger partial charge in [-0.25, -0.2) is 0 Å². The van der Waals surface area contributed by atoms with Gasteiger partial charge in [-0.15, -0.1) is 0 Å². The average Bonchev–Trinajstić information content (AvgIpc) is 3.05. The minimum absolute atomic E-state index is 0.111. The van der Waals surface area contributed by atoms with Gasteiger partial charge in [0, 0.05) is 30.9 Å². The van der Waals surface area contributed by atoms with Gasteiger partial charge in [0.2, 0.25) is 5.91 Å². The molecule has 0 unspecified atom stereocenters. The van der Waals surface area contributed by atoms with Crippen molar-refractivity contribution in [3.8, 4) is 5.75 Å². The monoisotopic (exact) mass is 365 g/mol. The SMILES string of the molecule is CC(=O)Nc1cccc(Nc2cc(NCc3cc(C)c(O)c(C)c3)n[nH]2)c1. The Bertz CT molecular complexity index is 942. The lowest BCUT2D eigenvalue weighted by Gasteiger charge is -2.08. The summed E-state index contributed by atoms with van der Waals surface area (Å²) in [6.07, 6.45) is 0. The zero-order valence-corrected chi connectivity index (χ0v) is 15.6. The van der Waals surface area contributed by atoms with Gasteiger partial charge < -0.3 is 21.1 Å². The third kappa shape index (κ3) is 4.78. The number of nitrogens with one attached hydrogen (secondary N) is 4. The van der Waals surface area contributed by atoms with E-state index in [1.165, 1.54) is 6.92 Å². The van der Waals surface area contributed by atoms with Gasteiger partial charge >= 0.3 is 0 Å². The van der Waals surface area contributed by atoms with Gasteiger partial charge in [-0.05, 0) is 48.7 Å². The lowest BCUT2D eigenvalue weighted by atomic mass is 10.1. The number of anilines is 4. The lowest BCUT2D eigenvalue weighted by molar-refractivity contribution is -0.114. The van der Waals surface area contributed by atoms with Crippen molar-refractivity contribution in [3.05, 3.63) is 59.2 Å². The van der Waals surface area contributed by atoms with E-state index in [-0.39, 0.29) is 5.91 Å². The maximum absolute atomic E-state index is 11.2. The fraction of sp³-hybridized carbons (Fsp3) is 0.200. The quantitative estimate of drug-likeness (QED) is 0.454. The summed E-state index contributed by atoms with van der Waals surface area (Å²) in [6.45, 7) is 5.85. The number of carbonyl (C=O) groups is 1. The molecule has 1 heterocycles. The Balaban J connectivity index is 1.63. The molecule has 27 heavy (non-hydrogen) atoms. The summed E-state index contributed by atoms with van der Waals surface area (Å²) < 4.78 is 0. The van der Waals surface area contributed by atoms with Crippen molar-refractivity contribution in [2.45, 2.75) is 27.3 Å². The molecule has 140 valence electrons. The van der Waals surface area contributed by atoms with Crippen molar-refractivity contribution < 1.29 is 9.90 Å². The third-order valence-corrected chi connectivity index (χ3v) is 4.06. The molecule has 7 nitrogen and oxygen atoms in total. The Morgan fingerprint density at radius 2 is 1.81 bits per heavy atom. The number of nitrogens with zero attached hydrogens (tertiary/aromatic N) is 1. The molecule has 2 aromatic carbocycles. The Labute approximate surface area is 157 Å². The molecule has 0 radical (unpaired) electrons. The number of phenolic OH excluding ortho intramolecular Hbond substituents is 1. The summed E-state index contributed by atoms with van der Waals surface area (Å²) in [7, 11) is 0. The molecule has 0 saturated heterocycles. The van der Waals surface area contributed by atoms with Crippen LogP contribution in [0.2, 0.25) is 0 Å². The summed E-state index contributed by atoms with van der Waals surface area (Å²) >= 11 is 0. The zero-order valence-electron chi connectivity index (χ0n) is 15.6. The van der Waals surface area contributed by atoms with Crippen LogP contribution in [0.25, 0.3) is 0 Å². The molecular weight excluding hydrogens is 342 g/mol. The first-order valence-corrected chi connectivity index (χ1v) is 8.64. The molecule has 0 saturated carbocycles. The molecule has 0 aliphatic carbocycles. The number of carbonyl (C=O) groups excluding carboxylic acids is 1. The van der Waals surface area contributed by atoms with E-state index in [4.69, 9.17) is 0 Å². The largest absolute Gasteiger partial charge is 0.507 e. The van der Waals surface area contributed by atoms with Crippen molar-refractivity contribution in [2.24, 2.45) is 0 Å². The standard InChI is InChI=1S/C20H23N5O2/c1-12-7-15(8-13(2)20(12)27)11-21-18-10-19(25-24-18)23-17-6-4-5-16(9-17)22-14(3)26/h4-10,27H,11H2,1-3H3,(H,22,26)(H3,21,23,24,25). The predicted octanol–water partition coefficient (Wildman–Crippen LogP) is 4.05. The molecule has 0 aliphatic heterocycles. The van der Waals surface area contributed by atoms with Crippen molar-refractivity contribution in [2.75, 3.05) is 16.0 Å². The molecule has 0 fully saturated rings. The van der Waals surface area contributed by atoms with Crippen LogP contribution in [0.1, 0.15) is 23.6 Å². The van der Waals surface area contributed by atoms with Crippen LogP contribution >= 0.6 is 0 Å². The zero-order chi connectivity index (χ0) is 19.4. The molecule has 5 N–H and O–H groups in total. The lowest BCUT2D eigenvalue weighted by Crippen LogP contribution is -2.05. The molecule has 1 aromatic heterocycles. The summed E-state index contributed by atoms with van der Waals surface area (Å²) in [6, 6.07) is 13.2. The number of hydrogen-bond donors (Lipinski definition) is 5. The molecular formula is C20H23N5O2. The van der Waals surface area contributed by atoms with Crippen LogP contribution in [0.15, 0.2) is 42.5 Å². The van der Waals surface area contributed by atoms with E-state index in [0.29, 0.717) is 18.1 Å². The van der Waals surface area contributed by atoms with E-state index in [1.807, 2.05) is 56.3 Å². The van der Waals surface area contributed by atoms with Gasteiger partial charge in [0.1, 0.15) is 17.4 Å². The number of aromatic nitrogens is 2. The van der Waals surface area contributed by atoms with E-state index in [2.05, 4.69) is 26.1 Å². The normalized spacial score (nSPS) is 10.5. The van der Waals surface area contributed by atoms with Crippen molar-refractivity contribution in [1.29, 1.82) is 0 Å². The van der Waals surface area contributed by atoms with Crippen molar-refractivity contribution in [3.63, 3.8) is 0 Å². The Hall–Kier alpha value is -3.48. The number of aromatic amines is 1. The van der Waals surface area contributed by atoms with Crippen LogP contribution < -0.4 is 16.0 Å². The number of aryl methyl sites for hydroxylation is 2. The van der Waals surface area contributed by atoms with E-state index in [0.717, 1.165) is 33.9 Å². The smallest absolute Gasteiger partial charge is 0.221 e. The Morgan fingerprint density at radius 3 is 2.52 bits per heavy atom. The highest BCUT2D eigenvalue weighted by atomic mass is 16.3. The van der Waals surface area contributed by atoms with Crippen molar-refractivity contribution >= 4 is 28.9 Å². The van der Waals surface area contributed by atoms with Crippen LogP contribution in [0.5, 0.6) is 5.75 Å². The van der Waals surface area contributed by atoms with Crippen LogP contribution in [0.3, 0.4) is 0 Å². The number of phenols is 1. The number of amides is 1. The van der Waals surface area contributed by atoms with Gasteiger partial charge in [-0.3, -0.25) is 9.89 Å². The number of benzene rings is 2. The summed E-state index contributed by atoms with van der Waals surface area (Å²) in [4.78, 5) is 11.2. The molecule has 0 bridgehead atoms. The summed E-state index contributed by atoms with van der Waals surface area (Å²) in [5.74, 6) is 1.67. The third-order valence-electron chi connectivity index (χ3n) is 4.06. The minimum atomic E-state index is -0.111. The van der Waals surface area contributed by atoms with Gasteiger partial charge in [-0.1, -0.05) is 18.2 Å². The second-order valence-corrected chi connectivity index (χ2v) is 6.49. The maximum Gasteiger partial charge on any atom is 0.221 e. The molecule has 0 aliphatic rings. The minimum Gasteiger partial charge on any atom is -0.507 e. The summed E-state index contributed by atoms with van der Waals surface area (Å²) in [5.41, 5.74) is 4.35. The first-order valence-electron chi connectivity index (χ1n) is 8.64. The van der Waals surface area contributed by atoms with Gasteiger partial charge in [-0.2, -0.15) is 5.10 Å². The maximum atomic E-state index is 11.2. The molecule has 1 amide bonds.